The summed E-state index contributed by atoms with van der Waals surface area (Å²) in [5.41, 5.74) is 2.59. The molecule has 3 rings (SSSR count). The van der Waals surface area contributed by atoms with E-state index in [1.807, 2.05) is 48.7 Å². The van der Waals surface area contributed by atoms with Crippen LogP contribution in [0.25, 0.3) is 10.9 Å². The second-order valence-electron chi connectivity index (χ2n) is 4.17. The van der Waals surface area contributed by atoms with Crippen LogP contribution in [0.4, 0.5) is 0 Å². The van der Waals surface area contributed by atoms with Gasteiger partial charge in [0.1, 0.15) is 0 Å². The summed E-state index contributed by atoms with van der Waals surface area (Å²) < 4.78 is 0. The molecule has 0 atom stereocenters. The molecule has 0 spiro atoms. The van der Waals surface area contributed by atoms with Crippen LogP contribution in [0.15, 0.2) is 48.0 Å². The van der Waals surface area contributed by atoms with Crippen LogP contribution >= 0.6 is 11.3 Å². The molecule has 3 heteroatoms. The van der Waals surface area contributed by atoms with Gasteiger partial charge in [-0.05, 0) is 36.1 Å². The molecule has 2 aromatic heterocycles. The van der Waals surface area contributed by atoms with E-state index < -0.39 is 0 Å². The van der Waals surface area contributed by atoms with Crippen LogP contribution in [0.2, 0.25) is 0 Å². The summed E-state index contributed by atoms with van der Waals surface area (Å²) in [5, 5.41) is 3.00. The van der Waals surface area contributed by atoms with Gasteiger partial charge >= 0.3 is 0 Å². The van der Waals surface area contributed by atoms with Gasteiger partial charge in [-0.25, -0.2) is 0 Å². The number of ketones is 1. The molecule has 0 saturated heterocycles. The van der Waals surface area contributed by atoms with Crippen LogP contribution in [0, 0.1) is 6.92 Å². The number of carbonyl (C=O) groups excluding carboxylic acids is 1. The van der Waals surface area contributed by atoms with Crippen LogP contribution in [-0.4, -0.2) is 10.8 Å². The third-order valence-electron chi connectivity index (χ3n) is 2.94. The lowest BCUT2D eigenvalue weighted by Crippen LogP contribution is -2.00. The molecule has 0 aliphatic carbocycles. The van der Waals surface area contributed by atoms with E-state index in [0.717, 1.165) is 21.3 Å². The zero-order valence-corrected chi connectivity index (χ0v) is 10.7. The quantitative estimate of drug-likeness (QED) is 0.649. The Morgan fingerprint density at radius 2 is 2.11 bits per heavy atom. The first kappa shape index (κ1) is 11.1. The van der Waals surface area contributed by atoms with Gasteiger partial charge in [0.25, 0.3) is 0 Å². The highest BCUT2D eigenvalue weighted by Gasteiger charge is 2.13. The Hall–Kier alpha value is -2.00. The van der Waals surface area contributed by atoms with E-state index in [9.17, 15) is 4.79 Å². The third-order valence-corrected chi connectivity index (χ3v) is 3.95. The summed E-state index contributed by atoms with van der Waals surface area (Å²) in [7, 11) is 0. The van der Waals surface area contributed by atoms with Gasteiger partial charge in [0.05, 0.1) is 10.4 Å². The van der Waals surface area contributed by atoms with Crippen LogP contribution in [0.3, 0.4) is 0 Å². The fourth-order valence-corrected chi connectivity index (χ4v) is 2.83. The average molecular weight is 253 g/mol. The maximum absolute atomic E-state index is 12.4. The number of thiophene rings is 1. The predicted octanol–water partition coefficient (Wildman–Crippen LogP) is 3.84. The van der Waals surface area contributed by atoms with Crippen molar-refractivity contribution in [3.8, 4) is 0 Å². The first-order valence-corrected chi connectivity index (χ1v) is 6.57. The van der Waals surface area contributed by atoms with Crippen molar-refractivity contribution in [2.75, 3.05) is 0 Å². The van der Waals surface area contributed by atoms with E-state index in [4.69, 9.17) is 0 Å². The van der Waals surface area contributed by atoms with Crippen molar-refractivity contribution in [2.45, 2.75) is 6.92 Å². The molecular formula is C15H11NOS. The van der Waals surface area contributed by atoms with Crippen LogP contribution < -0.4 is 0 Å². The summed E-state index contributed by atoms with van der Waals surface area (Å²) in [5.74, 6) is 0.0788. The van der Waals surface area contributed by atoms with Gasteiger partial charge in [-0.3, -0.25) is 9.78 Å². The Morgan fingerprint density at radius 3 is 2.89 bits per heavy atom. The predicted molar refractivity (Wildman–Crippen MR) is 74.2 cm³/mol. The molecule has 0 unspecified atom stereocenters. The normalized spacial score (nSPS) is 10.7. The number of aryl methyl sites for hydroxylation is 1. The molecule has 3 aromatic rings. The van der Waals surface area contributed by atoms with Crippen molar-refractivity contribution >= 4 is 28.0 Å². The van der Waals surface area contributed by atoms with Gasteiger partial charge in [0.15, 0.2) is 0 Å². The van der Waals surface area contributed by atoms with Gasteiger partial charge in [-0.1, -0.05) is 18.2 Å². The minimum Gasteiger partial charge on any atom is -0.288 e. The summed E-state index contributed by atoms with van der Waals surface area (Å²) in [6.07, 6.45) is 1.74. The van der Waals surface area contributed by atoms with Crippen molar-refractivity contribution in [3.05, 3.63) is 64.0 Å². The molecule has 2 nitrogen and oxygen atoms in total. The standard InChI is InChI=1S/C15H11NOS/c1-10-6-8-18-15(10)14(17)12-5-4-11-3-2-7-16-13(11)9-12/h2-9H,1H3. The first-order chi connectivity index (χ1) is 8.75. The SMILES string of the molecule is Cc1ccsc1C(=O)c1ccc2cccnc2c1. The lowest BCUT2D eigenvalue weighted by atomic mass is 10.1. The topological polar surface area (TPSA) is 30.0 Å². The molecule has 0 aliphatic heterocycles. The number of carbonyl (C=O) groups is 1. The smallest absolute Gasteiger partial charge is 0.203 e. The zero-order chi connectivity index (χ0) is 12.5. The monoisotopic (exact) mass is 253 g/mol. The second-order valence-corrected chi connectivity index (χ2v) is 5.09. The number of aromatic nitrogens is 1. The molecule has 0 fully saturated rings. The Morgan fingerprint density at radius 1 is 1.22 bits per heavy atom. The second kappa shape index (κ2) is 4.35. The number of nitrogens with zero attached hydrogens (tertiary/aromatic N) is 1. The third kappa shape index (κ3) is 1.83. The number of hydrogen-bond acceptors (Lipinski definition) is 3. The molecule has 18 heavy (non-hydrogen) atoms. The van der Waals surface area contributed by atoms with E-state index in [-0.39, 0.29) is 5.78 Å². The van der Waals surface area contributed by atoms with E-state index in [2.05, 4.69) is 4.98 Å². The number of hydrogen-bond donors (Lipinski definition) is 0. The molecule has 88 valence electrons. The molecule has 2 heterocycles. The van der Waals surface area contributed by atoms with Crippen LogP contribution in [0.1, 0.15) is 20.8 Å². The fourth-order valence-electron chi connectivity index (χ4n) is 1.94. The summed E-state index contributed by atoms with van der Waals surface area (Å²) in [4.78, 5) is 17.4. The Kier molecular flexibility index (Phi) is 2.68. The van der Waals surface area contributed by atoms with Crippen LogP contribution in [-0.2, 0) is 0 Å². The van der Waals surface area contributed by atoms with Crippen molar-refractivity contribution in [2.24, 2.45) is 0 Å². The molecule has 0 aliphatic rings. The van der Waals surface area contributed by atoms with Crippen LogP contribution in [0.5, 0.6) is 0 Å². The summed E-state index contributed by atoms with van der Waals surface area (Å²) in [6, 6.07) is 11.5. The van der Waals surface area contributed by atoms with Crippen molar-refractivity contribution in [1.29, 1.82) is 0 Å². The van der Waals surface area contributed by atoms with Crippen molar-refractivity contribution < 1.29 is 4.79 Å². The van der Waals surface area contributed by atoms with Gasteiger partial charge in [0.2, 0.25) is 5.78 Å². The summed E-state index contributed by atoms with van der Waals surface area (Å²) >= 11 is 1.49. The van der Waals surface area contributed by atoms with Crippen molar-refractivity contribution in [1.82, 2.24) is 4.98 Å². The number of rotatable bonds is 2. The average Bonchev–Trinajstić information content (AvgIpc) is 2.83. The van der Waals surface area contributed by atoms with Crippen molar-refractivity contribution in [3.63, 3.8) is 0 Å². The first-order valence-electron chi connectivity index (χ1n) is 5.69. The molecular weight excluding hydrogens is 242 g/mol. The summed E-state index contributed by atoms with van der Waals surface area (Å²) in [6.45, 7) is 1.96. The maximum atomic E-state index is 12.4. The van der Waals surface area contributed by atoms with E-state index in [1.54, 1.807) is 6.20 Å². The Bertz CT molecular complexity index is 730. The molecule has 0 N–H and O–H groups in total. The molecule has 0 radical (unpaired) electrons. The molecule has 0 saturated carbocycles. The lowest BCUT2D eigenvalue weighted by molar-refractivity contribution is 0.104. The fraction of sp³-hybridized carbons (Fsp3) is 0.0667. The lowest BCUT2D eigenvalue weighted by Gasteiger charge is -2.02. The highest BCUT2D eigenvalue weighted by atomic mass is 32.1. The van der Waals surface area contributed by atoms with Gasteiger partial charge in [-0.15, -0.1) is 11.3 Å². The maximum Gasteiger partial charge on any atom is 0.203 e. The van der Waals surface area contributed by atoms with E-state index >= 15 is 0 Å². The Labute approximate surface area is 109 Å². The van der Waals surface area contributed by atoms with E-state index in [1.165, 1.54) is 11.3 Å². The number of pyridine rings is 1. The van der Waals surface area contributed by atoms with Gasteiger partial charge in [0, 0.05) is 17.1 Å². The number of benzene rings is 1. The Balaban J connectivity index is 2.10. The zero-order valence-electron chi connectivity index (χ0n) is 9.88. The highest BCUT2D eigenvalue weighted by molar-refractivity contribution is 7.12. The highest BCUT2D eigenvalue weighted by Crippen LogP contribution is 2.22. The largest absolute Gasteiger partial charge is 0.288 e. The van der Waals surface area contributed by atoms with Gasteiger partial charge < -0.3 is 0 Å². The van der Waals surface area contributed by atoms with Gasteiger partial charge in [-0.2, -0.15) is 0 Å². The molecule has 1 aromatic carbocycles. The molecule has 0 amide bonds. The van der Waals surface area contributed by atoms with E-state index in [0.29, 0.717) is 5.56 Å². The minimum absolute atomic E-state index is 0.0788. The number of fused-ring (bicyclic) bond motifs is 1. The minimum atomic E-state index is 0.0788. The molecule has 0 bridgehead atoms.